The van der Waals surface area contributed by atoms with Crippen LogP contribution in [0.25, 0.3) is 0 Å². The Bertz CT molecular complexity index is 225. The van der Waals surface area contributed by atoms with Crippen LogP contribution in [-0.2, 0) is 4.74 Å². The van der Waals surface area contributed by atoms with Gasteiger partial charge in [0.25, 0.3) is 0 Å². The number of carbonyl (C=O) groups excluding carboxylic acids is 1. The van der Waals surface area contributed by atoms with Crippen molar-refractivity contribution in [3.05, 3.63) is 0 Å². The van der Waals surface area contributed by atoms with Crippen LogP contribution < -0.4 is 10.6 Å². The fourth-order valence-electron chi connectivity index (χ4n) is 2.06. The molecule has 1 saturated heterocycles. The molecule has 2 unspecified atom stereocenters. The molecule has 0 aromatic rings. The van der Waals surface area contributed by atoms with Crippen molar-refractivity contribution in [1.29, 1.82) is 0 Å². The van der Waals surface area contributed by atoms with Crippen LogP contribution in [0.1, 0.15) is 46.5 Å². The Labute approximate surface area is 104 Å². The molecule has 2 atom stereocenters. The van der Waals surface area contributed by atoms with Gasteiger partial charge in [0.15, 0.2) is 0 Å². The quantitative estimate of drug-likeness (QED) is 0.702. The second-order valence-electron chi connectivity index (χ2n) is 5.28. The Morgan fingerprint density at radius 1 is 1.41 bits per heavy atom. The van der Waals surface area contributed by atoms with E-state index in [1.54, 1.807) is 0 Å². The fourth-order valence-corrected chi connectivity index (χ4v) is 2.06. The molecule has 17 heavy (non-hydrogen) atoms. The number of hydrogen-bond donors (Lipinski definition) is 2. The van der Waals surface area contributed by atoms with Crippen LogP contribution in [0.3, 0.4) is 0 Å². The lowest BCUT2D eigenvalue weighted by Gasteiger charge is -2.20. The van der Waals surface area contributed by atoms with Crippen molar-refractivity contribution in [3.8, 4) is 0 Å². The van der Waals surface area contributed by atoms with Gasteiger partial charge >= 0.3 is 6.03 Å². The van der Waals surface area contributed by atoms with Crippen LogP contribution in [-0.4, -0.2) is 31.3 Å². The first-order valence-corrected chi connectivity index (χ1v) is 6.75. The number of carbonyl (C=O) groups is 1. The maximum absolute atomic E-state index is 11.6. The Morgan fingerprint density at radius 2 is 2.18 bits per heavy atom. The summed E-state index contributed by atoms with van der Waals surface area (Å²) in [7, 11) is 0. The molecule has 4 heteroatoms. The zero-order chi connectivity index (χ0) is 12.7. The largest absolute Gasteiger partial charge is 0.376 e. The van der Waals surface area contributed by atoms with Gasteiger partial charge in [0.1, 0.15) is 0 Å². The smallest absolute Gasteiger partial charge is 0.315 e. The minimum Gasteiger partial charge on any atom is -0.376 e. The van der Waals surface area contributed by atoms with E-state index in [0.29, 0.717) is 5.92 Å². The monoisotopic (exact) mass is 242 g/mol. The third-order valence-electron chi connectivity index (χ3n) is 3.13. The number of hydrogen-bond acceptors (Lipinski definition) is 2. The minimum atomic E-state index is -0.0724. The molecular weight excluding hydrogens is 216 g/mol. The Morgan fingerprint density at radius 3 is 2.76 bits per heavy atom. The van der Waals surface area contributed by atoms with Crippen molar-refractivity contribution < 1.29 is 9.53 Å². The molecule has 4 nitrogen and oxygen atoms in total. The van der Waals surface area contributed by atoms with Crippen molar-refractivity contribution in [2.75, 3.05) is 13.2 Å². The average molecular weight is 242 g/mol. The second kappa shape index (κ2) is 7.54. The first-order valence-electron chi connectivity index (χ1n) is 6.75. The number of amides is 2. The van der Waals surface area contributed by atoms with Crippen LogP contribution in [0.5, 0.6) is 0 Å². The van der Waals surface area contributed by atoms with Gasteiger partial charge in [-0.25, -0.2) is 4.79 Å². The number of urea groups is 1. The molecule has 2 N–H and O–H groups in total. The summed E-state index contributed by atoms with van der Waals surface area (Å²) < 4.78 is 5.53. The first-order chi connectivity index (χ1) is 8.09. The standard InChI is InChI=1S/C13H26N2O2/c1-10(2)6-4-8-14-13(16)15-11(3)12-7-5-9-17-12/h10-12H,4-9H2,1-3H3,(H2,14,15,16). The summed E-state index contributed by atoms with van der Waals surface area (Å²) >= 11 is 0. The van der Waals surface area contributed by atoms with Crippen molar-refractivity contribution in [2.45, 2.75) is 58.6 Å². The summed E-state index contributed by atoms with van der Waals surface area (Å²) in [5.41, 5.74) is 0. The average Bonchev–Trinajstić information content (AvgIpc) is 2.77. The van der Waals surface area contributed by atoms with Gasteiger partial charge in [0.05, 0.1) is 12.1 Å². The second-order valence-corrected chi connectivity index (χ2v) is 5.28. The zero-order valence-electron chi connectivity index (χ0n) is 11.3. The summed E-state index contributed by atoms with van der Waals surface area (Å²) in [5.74, 6) is 0.700. The van der Waals surface area contributed by atoms with E-state index in [1.165, 1.54) is 0 Å². The molecule has 0 saturated carbocycles. The highest BCUT2D eigenvalue weighted by atomic mass is 16.5. The molecule has 1 rings (SSSR count). The van der Waals surface area contributed by atoms with Gasteiger partial charge in [0, 0.05) is 13.2 Å². The van der Waals surface area contributed by atoms with Crippen LogP contribution in [0.2, 0.25) is 0 Å². The molecular formula is C13H26N2O2. The summed E-state index contributed by atoms with van der Waals surface area (Å²) in [6.07, 6.45) is 4.54. The van der Waals surface area contributed by atoms with Crippen LogP contribution in [0.4, 0.5) is 4.79 Å². The van der Waals surface area contributed by atoms with Gasteiger partial charge in [-0.05, 0) is 38.5 Å². The van der Waals surface area contributed by atoms with Crippen molar-refractivity contribution in [3.63, 3.8) is 0 Å². The molecule has 0 aliphatic carbocycles. The minimum absolute atomic E-state index is 0.0724. The zero-order valence-corrected chi connectivity index (χ0v) is 11.3. The Kier molecular flexibility index (Phi) is 6.34. The summed E-state index contributed by atoms with van der Waals surface area (Å²) in [5, 5.41) is 5.82. The third kappa shape index (κ3) is 5.91. The summed E-state index contributed by atoms with van der Waals surface area (Å²) in [6, 6.07) is 0.0272. The lowest BCUT2D eigenvalue weighted by Crippen LogP contribution is -2.46. The third-order valence-corrected chi connectivity index (χ3v) is 3.13. The highest BCUT2D eigenvalue weighted by molar-refractivity contribution is 5.74. The van der Waals surface area contributed by atoms with Gasteiger partial charge in [-0.3, -0.25) is 0 Å². The van der Waals surface area contributed by atoms with E-state index in [2.05, 4.69) is 24.5 Å². The van der Waals surface area contributed by atoms with Crippen LogP contribution >= 0.6 is 0 Å². The molecule has 0 aromatic carbocycles. The van der Waals surface area contributed by atoms with Crippen LogP contribution in [0.15, 0.2) is 0 Å². The predicted octanol–water partition coefficient (Wildman–Crippen LogP) is 2.29. The maximum atomic E-state index is 11.6. The van der Waals surface area contributed by atoms with E-state index in [0.717, 1.165) is 38.8 Å². The molecule has 0 aromatic heterocycles. The first kappa shape index (κ1) is 14.3. The molecule has 0 radical (unpaired) electrons. The molecule has 100 valence electrons. The van der Waals surface area contributed by atoms with Crippen molar-refractivity contribution in [1.82, 2.24) is 10.6 Å². The fraction of sp³-hybridized carbons (Fsp3) is 0.923. The highest BCUT2D eigenvalue weighted by Gasteiger charge is 2.23. The van der Waals surface area contributed by atoms with E-state index in [9.17, 15) is 4.79 Å². The Hall–Kier alpha value is -0.770. The van der Waals surface area contributed by atoms with Crippen molar-refractivity contribution in [2.24, 2.45) is 5.92 Å². The van der Waals surface area contributed by atoms with E-state index < -0.39 is 0 Å². The number of ether oxygens (including phenoxy) is 1. The van der Waals surface area contributed by atoms with E-state index in [1.807, 2.05) is 6.92 Å². The molecule has 1 fully saturated rings. The SMILES string of the molecule is CC(C)CCCNC(=O)NC(C)C1CCCO1. The topological polar surface area (TPSA) is 50.4 Å². The predicted molar refractivity (Wildman–Crippen MR) is 69.0 cm³/mol. The van der Waals surface area contributed by atoms with E-state index in [4.69, 9.17) is 4.74 Å². The lowest BCUT2D eigenvalue weighted by atomic mass is 10.1. The van der Waals surface area contributed by atoms with Crippen LogP contribution in [0, 0.1) is 5.92 Å². The van der Waals surface area contributed by atoms with Gasteiger partial charge in [-0.2, -0.15) is 0 Å². The van der Waals surface area contributed by atoms with Crippen molar-refractivity contribution >= 4 is 6.03 Å². The van der Waals surface area contributed by atoms with E-state index >= 15 is 0 Å². The van der Waals surface area contributed by atoms with E-state index in [-0.39, 0.29) is 18.2 Å². The molecule has 0 bridgehead atoms. The molecule has 0 spiro atoms. The Balaban J connectivity index is 2.07. The highest BCUT2D eigenvalue weighted by Crippen LogP contribution is 2.15. The lowest BCUT2D eigenvalue weighted by molar-refractivity contribution is 0.0860. The molecule has 1 aliphatic heterocycles. The molecule has 2 amide bonds. The normalized spacial score (nSPS) is 21.5. The van der Waals surface area contributed by atoms with Gasteiger partial charge < -0.3 is 15.4 Å². The number of rotatable bonds is 6. The van der Waals surface area contributed by atoms with Gasteiger partial charge in [-0.1, -0.05) is 13.8 Å². The van der Waals surface area contributed by atoms with Gasteiger partial charge in [0.2, 0.25) is 0 Å². The number of nitrogens with one attached hydrogen (secondary N) is 2. The summed E-state index contributed by atoms with van der Waals surface area (Å²) in [4.78, 5) is 11.6. The van der Waals surface area contributed by atoms with Gasteiger partial charge in [-0.15, -0.1) is 0 Å². The maximum Gasteiger partial charge on any atom is 0.315 e. The molecule has 1 heterocycles. The summed E-state index contributed by atoms with van der Waals surface area (Å²) in [6.45, 7) is 7.97. The molecule has 1 aliphatic rings.